The quantitative estimate of drug-likeness (QED) is 0.210. The third-order valence-electron chi connectivity index (χ3n) is 7.98. The topological polar surface area (TPSA) is 87.2 Å². The highest BCUT2D eigenvalue weighted by atomic mass is 32.2. The van der Waals surface area contributed by atoms with Gasteiger partial charge in [-0.2, -0.15) is 8.61 Å². The molecular weight excluding hydrogens is 595 g/mol. The van der Waals surface area contributed by atoms with Gasteiger partial charge in [-0.1, -0.05) is 68.4 Å². The molecule has 0 saturated carbocycles. The lowest BCUT2D eigenvalue weighted by Crippen LogP contribution is -2.48. The standard InChI is InChI=1S/C34H39N3O5S2/c1-27(2)30-13-9-28(10-14-30)25-37(26-29-11-15-32(42-3)16-12-29)44(40,41)34-19-17-33(18-20-34)43(38,39)36-23-21-35(22-24-36)31-7-5-4-6-8-31/h4-20,27H,21-26H2,1-3H3. The van der Waals surface area contributed by atoms with Crippen molar-refractivity contribution in [1.82, 2.24) is 8.61 Å². The number of rotatable bonds is 11. The summed E-state index contributed by atoms with van der Waals surface area (Å²) in [5.41, 5.74) is 3.91. The van der Waals surface area contributed by atoms with Gasteiger partial charge in [-0.15, -0.1) is 0 Å². The van der Waals surface area contributed by atoms with Crippen molar-refractivity contribution in [3.05, 3.63) is 120 Å². The second kappa shape index (κ2) is 13.5. The maximum atomic E-state index is 14.0. The van der Waals surface area contributed by atoms with Gasteiger partial charge < -0.3 is 9.64 Å². The summed E-state index contributed by atoms with van der Waals surface area (Å²) in [5, 5.41) is 0. The van der Waals surface area contributed by atoms with Crippen molar-refractivity contribution in [3.8, 4) is 5.75 Å². The van der Waals surface area contributed by atoms with E-state index in [9.17, 15) is 16.8 Å². The van der Waals surface area contributed by atoms with Crippen molar-refractivity contribution >= 4 is 25.7 Å². The zero-order chi connectivity index (χ0) is 31.3. The molecule has 0 aliphatic carbocycles. The number of hydrogen-bond acceptors (Lipinski definition) is 6. The molecule has 0 radical (unpaired) electrons. The molecule has 232 valence electrons. The van der Waals surface area contributed by atoms with Gasteiger partial charge in [0.05, 0.1) is 16.9 Å². The van der Waals surface area contributed by atoms with Crippen LogP contribution in [0.25, 0.3) is 0 Å². The lowest BCUT2D eigenvalue weighted by molar-refractivity contribution is 0.385. The zero-order valence-electron chi connectivity index (χ0n) is 25.3. The van der Waals surface area contributed by atoms with E-state index in [1.807, 2.05) is 66.7 Å². The van der Waals surface area contributed by atoms with E-state index in [2.05, 4.69) is 18.7 Å². The van der Waals surface area contributed by atoms with Gasteiger partial charge in [0.1, 0.15) is 5.75 Å². The van der Waals surface area contributed by atoms with Crippen molar-refractivity contribution in [1.29, 1.82) is 0 Å². The van der Waals surface area contributed by atoms with Gasteiger partial charge in [-0.05, 0) is 71.1 Å². The molecule has 0 atom stereocenters. The molecular formula is C34H39N3O5S2. The van der Waals surface area contributed by atoms with Crippen LogP contribution < -0.4 is 9.64 Å². The molecule has 0 spiro atoms. The van der Waals surface area contributed by atoms with Crippen LogP contribution >= 0.6 is 0 Å². The number of nitrogens with zero attached hydrogens (tertiary/aromatic N) is 3. The van der Waals surface area contributed by atoms with Crippen LogP contribution in [0.4, 0.5) is 5.69 Å². The molecule has 1 heterocycles. The summed E-state index contributed by atoms with van der Waals surface area (Å²) in [6.07, 6.45) is 0. The first-order valence-corrected chi connectivity index (χ1v) is 17.6. The molecule has 0 bridgehead atoms. The molecule has 0 N–H and O–H groups in total. The van der Waals surface area contributed by atoms with Gasteiger partial charge in [-0.25, -0.2) is 16.8 Å². The smallest absolute Gasteiger partial charge is 0.243 e. The molecule has 1 fully saturated rings. The van der Waals surface area contributed by atoms with Crippen LogP contribution in [0.2, 0.25) is 0 Å². The van der Waals surface area contributed by atoms with Crippen molar-refractivity contribution in [2.24, 2.45) is 0 Å². The molecule has 1 saturated heterocycles. The first-order valence-electron chi connectivity index (χ1n) is 14.7. The summed E-state index contributed by atoms with van der Waals surface area (Å²) in [4.78, 5) is 2.28. The number of hydrogen-bond donors (Lipinski definition) is 0. The number of sulfonamides is 2. The lowest BCUT2D eigenvalue weighted by atomic mass is 10.0. The first-order chi connectivity index (χ1) is 21.1. The Hall–Kier alpha value is -3.70. The van der Waals surface area contributed by atoms with Crippen LogP contribution in [0.3, 0.4) is 0 Å². The molecule has 4 aromatic carbocycles. The average Bonchev–Trinajstić information content (AvgIpc) is 3.05. The molecule has 1 aliphatic heterocycles. The molecule has 44 heavy (non-hydrogen) atoms. The fourth-order valence-electron chi connectivity index (χ4n) is 5.28. The predicted octanol–water partition coefficient (Wildman–Crippen LogP) is 5.72. The molecule has 8 nitrogen and oxygen atoms in total. The third kappa shape index (κ3) is 7.15. The zero-order valence-corrected chi connectivity index (χ0v) is 27.0. The monoisotopic (exact) mass is 633 g/mol. The number of piperazine rings is 1. The summed E-state index contributed by atoms with van der Waals surface area (Å²) < 4.78 is 63.1. The summed E-state index contributed by atoms with van der Waals surface area (Å²) in [6.45, 7) is 6.39. The Balaban J connectivity index is 1.36. The van der Waals surface area contributed by atoms with Crippen LogP contribution in [0.5, 0.6) is 5.75 Å². The predicted molar refractivity (Wildman–Crippen MR) is 174 cm³/mol. The van der Waals surface area contributed by atoms with Gasteiger partial charge in [-0.3, -0.25) is 0 Å². The maximum Gasteiger partial charge on any atom is 0.243 e. The first kappa shape index (κ1) is 31.7. The summed E-state index contributed by atoms with van der Waals surface area (Å²) in [5.74, 6) is 1.05. The van der Waals surface area contributed by atoms with Gasteiger partial charge in [0.2, 0.25) is 20.0 Å². The molecule has 0 amide bonds. The van der Waals surface area contributed by atoms with E-state index in [1.54, 1.807) is 19.2 Å². The highest BCUT2D eigenvalue weighted by Crippen LogP contribution is 2.26. The van der Waals surface area contributed by atoms with Crippen molar-refractivity contribution in [2.75, 3.05) is 38.2 Å². The van der Waals surface area contributed by atoms with E-state index in [-0.39, 0.29) is 22.9 Å². The Labute approximate surface area is 261 Å². The van der Waals surface area contributed by atoms with Crippen molar-refractivity contribution in [2.45, 2.75) is 42.6 Å². The Morgan fingerprint density at radius 2 is 1.20 bits per heavy atom. The molecule has 5 rings (SSSR count). The van der Waals surface area contributed by atoms with E-state index in [0.29, 0.717) is 37.8 Å². The number of methoxy groups -OCH3 is 1. The van der Waals surface area contributed by atoms with Crippen LogP contribution in [0, 0.1) is 0 Å². The molecule has 4 aromatic rings. The van der Waals surface area contributed by atoms with Crippen LogP contribution in [0.15, 0.2) is 113 Å². The largest absolute Gasteiger partial charge is 0.497 e. The Kier molecular flexibility index (Phi) is 9.75. The van der Waals surface area contributed by atoms with E-state index >= 15 is 0 Å². The molecule has 0 unspecified atom stereocenters. The normalized spacial score (nSPS) is 14.7. The van der Waals surface area contributed by atoms with Crippen molar-refractivity contribution < 1.29 is 21.6 Å². The minimum atomic E-state index is -3.98. The minimum Gasteiger partial charge on any atom is -0.497 e. The molecule has 10 heteroatoms. The van der Waals surface area contributed by atoms with E-state index < -0.39 is 20.0 Å². The molecule has 1 aliphatic rings. The van der Waals surface area contributed by atoms with E-state index in [1.165, 1.54) is 38.4 Å². The lowest BCUT2D eigenvalue weighted by Gasteiger charge is -2.35. The Bertz CT molecular complexity index is 1730. The maximum absolute atomic E-state index is 14.0. The van der Waals surface area contributed by atoms with E-state index in [0.717, 1.165) is 16.8 Å². The van der Waals surface area contributed by atoms with E-state index in [4.69, 9.17) is 4.74 Å². The van der Waals surface area contributed by atoms with Crippen LogP contribution in [0.1, 0.15) is 36.5 Å². The minimum absolute atomic E-state index is 0.0395. The highest BCUT2D eigenvalue weighted by Gasteiger charge is 2.30. The van der Waals surface area contributed by atoms with Gasteiger partial charge >= 0.3 is 0 Å². The second-order valence-electron chi connectivity index (χ2n) is 11.2. The number of para-hydroxylation sites is 1. The third-order valence-corrected chi connectivity index (χ3v) is 11.7. The number of anilines is 1. The van der Waals surface area contributed by atoms with Crippen molar-refractivity contribution in [3.63, 3.8) is 0 Å². The summed E-state index contributed by atoms with van der Waals surface area (Å²) in [7, 11) is -6.17. The fraction of sp³-hybridized carbons (Fsp3) is 0.294. The van der Waals surface area contributed by atoms with Crippen LogP contribution in [-0.4, -0.2) is 58.7 Å². The highest BCUT2D eigenvalue weighted by molar-refractivity contribution is 7.89. The molecule has 0 aromatic heterocycles. The number of benzene rings is 4. The summed E-state index contributed by atoms with van der Waals surface area (Å²) in [6, 6.07) is 30.8. The van der Waals surface area contributed by atoms with Crippen LogP contribution in [-0.2, 0) is 33.1 Å². The number of ether oxygens (including phenoxy) is 1. The van der Waals surface area contributed by atoms with Gasteiger partial charge in [0, 0.05) is 45.0 Å². The SMILES string of the molecule is COc1ccc(CN(Cc2ccc(C(C)C)cc2)S(=O)(=O)c2ccc(S(=O)(=O)N3CCN(c4ccccc4)CC3)cc2)cc1. The van der Waals surface area contributed by atoms with Gasteiger partial charge in [0.15, 0.2) is 0 Å². The Morgan fingerprint density at radius 3 is 1.73 bits per heavy atom. The summed E-state index contributed by atoms with van der Waals surface area (Å²) >= 11 is 0. The fourth-order valence-corrected chi connectivity index (χ4v) is 8.12. The second-order valence-corrected chi connectivity index (χ2v) is 15.1. The average molecular weight is 634 g/mol. The van der Waals surface area contributed by atoms with Gasteiger partial charge in [0.25, 0.3) is 0 Å². The Morgan fingerprint density at radius 1 is 0.682 bits per heavy atom.